The normalized spacial score (nSPS) is 16.3. The topological polar surface area (TPSA) is 78.8 Å². The number of anilines is 1. The lowest BCUT2D eigenvalue weighted by Gasteiger charge is -2.05. The zero-order valence-electron chi connectivity index (χ0n) is 11.4. The Hall–Kier alpha value is -2.60. The van der Waals surface area contributed by atoms with Crippen LogP contribution in [-0.4, -0.2) is 16.4 Å². The van der Waals surface area contributed by atoms with Gasteiger partial charge in [0.25, 0.3) is 0 Å². The van der Waals surface area contributed by atoms with E-state index in [0.29, 0.717) is 5.56 Å². The monoisotopic (exact) mass is 312 g/mol. The van der Waals surface area contributed by atoms with Gasteiger partial charge >= 0.3 is 5.97 Å². The van der Waals surface area contributed by atoms with Gasteiger partial charge in [-0.25, -0.2) is 4.79 Å². The summed E-state index contributed by atoms with van der Waals surface area (Å²) >= 11 is 1.66. The molecule has 22 heavy (non-hydrogen) atoms. The summed E-state index contributed by atoms with van der Waals surface area (Å²) in [5, 5.41) is 15.3. The van der Waals surface area contributed by atoms with Crippen LogP contribution in [-0.2, 0) is 0 Å². The molecule has 0 aliphatic carbocycles. The van der Waals surface area contributed by atoms with Gasteiger partial charge in [0.1, 0.15) is 5.69 Å². The smallest absolute Gasteiger partial charge is 0.338 e. The molecule has 2 aromatic rings. The molecular formula is C16H12N2O3S. The molecule has 2 N–H and O–H groups in total. The van der Waals surface area contributed by atoms with Crippen LogP contribution in [0.3, 0.4) is 0 Å². The van der Waals surface area contributed by atoms with Gasteiger partial charge in [0, 0.05) is 16.1 Å². The summed E-state index contributed by atoms with van der Waals surface area (Å²) in [6.07, 6.45) is 3.61. The summed E-state index contributed by atoms with van der Waals surface area (Å²) < 4.78 is 0. The second-order valence-corrected chi connectivity index (χ2v) is 5.86. The number of rotatable bonds is 4. The number of carboxylic acids is 1. The van der Waals surface area contributed by atoms with Gasteiger partial charge in [-0.05, 0) is 23.4 Å². The number of carboxylic acid groups (broad SMARTS) is 1. The minimum Gasteiger partial charge on any atom is -0.478 e. The molecule has 0 amide bonds. The second kappa shape index (κ2) is 6.03. The Morgan fingerprint density at radius 3 is 2.77 bits per heavy atom. The average Bonchev–Trinajstić information content (AvgIpc) is 2.95. The molecule has 2 aromatic carbocycles. The largest absolute Gasteiger partial charge is 0.478 e. The minimum absolute atomic E-state index is 0.0328. The summed E-state index contributed by atoms with van der Waals surface area (Å²) in [5.41, 5.74) is 1.42. The fourth-order valence-electron chi connectivity index (χ4n) is 2.26. The van der Waals surface area contributed by atoms with Gasteiger partial charge < -0.3 is 10.4 Å². The van der Waals surface area contributed by atoms with Crippen molar-refractivity contribution in [3.05, 3.63) is 64.6 Å². The molecule has 6 heteroatoms. The molecule has 0 radical (unpaired) electrons. The van der Waals surface area contributed by atoms with Crippen molar-refractivity contribution in [2.45, 2.75) is 10.3 Å². The molecule has 1 aliphatic rings. The number of thioether (sulfide) groups is 1. The number of nitrogens with one attached hydrogen (secondary N) is 1. The highest BCUT2D eigenvalue weighted by Crippen LogP contribution is 2.39. The van der Waals surface area contributed by atoms with E-state index in [9.17, 15) is 9.70 Å². The summed E-state index contributed by atoms with van der Waals surface area (Å²) in [4.78, 5) is 23.2. The van der Waals surface area contributed by atoms with Crippen molar-refractivity contribution in [1.29, 1.82) is 0 Å². The van der Waals surface area contributed by atoms with E-state index in [-0.39, 0.29) is 16.6 Å². The number of benzene rings is 2. The predicted molar refractivity (Wildman–Crippen MR) is 87.6 cm³/mol. The van der Waals surface area contributed by atoms with Crippen LogP contribution in [0.5, 0.6) is 0 Å². The van der Waals surface area contributed by atoms with Crippen molar-refractivity contribution in [1.82, 2.24) is 0 Å². The van der Waals surface area contributed by atoms with Gasteiger partial charge in [-0.3, -0.25) is 0 Å². The summed E-state index contributed by atoms with van der Waals surface area (Å²) in [6, 6.07) is 12.6. The lowest BCUT2D eigenvalue weighted by molar-refractivity contribution is 0.0698. The number of fused-ring (bicyclic) bond motifs is 1. The molecule has 1 atom stereocenters. The van der Waals surface area contributed by atoms with E-state index < -0.39 is 5.97 Å². The van der Waals surface area contributed by atoms with Crippen LogP contribution in [0.15, 0.2) is 58.6 Å². The first-order valence-electron chi connectivity index (χ1n) is 6.59. The Balaban J connectivity index is 1.84. The highest BCUT2D eigenvalue weighted by atomic mass is 32.2. The number of nitroso groups, excluding NO2 is 1. The number of hydrogen-bond acceptors (Lipinski definition) is 5. The molecule has 0 fully saturated rings. The molecule has 5 nitrogen and oxygen atoms in total. The quantitative estimate of drug-likeness (QED) is 0.821. The van der Waals surface area contributed by atoms with E-state index in [1.165, 1.54) is 6.07 Å². The van der Waals surface area contributed by atoms with Crippen molar-refractivity contribution in [2.75, 3.05) is 5.32 Å². The van der Waals surface area contributed by atoms with Gasteiger partial charge in [-0.1, -0.05) is 48.2 Å². The lowest BCUT2D eigenvalue weighted by atomic mass is 10.1. The Morgan fingerprint density at radius 2 is 2.05 bits per heavy atom. The molecule has 110 valence electrons. The van der Waals surface area contributed by atoms with Crippen LogP contribution < -0.4 is 5.32 Å². The van der Waals surface area contributed by atoms with E-state index in [1.807, 2.05) is 30.3 Å². The molecule has 0 spiro atoms. The first kappa shape index (κ1) is 14.3. The third kappa shape index (κ3) is 2.73. The van der Waals surface area contributed by atoms with Crippen LogP contribution in [0.25, 0.3) is 6.08 Å². The van der Waals surface area contributed by atoms with E-state index in [1.54, 1.807) is 30.0 Å². The van der Waals surface area contributed by atoms with E-state index in [2.05, 4.69) is 10.5 Å². The number of carbonyl (C=O) groups is 1. The van der Waals surface area contributed by atoms with Gasteiger partial charge in [0.15, 0.2) is 0 Å². The van der Waals surface area contributed by atoms with Gasteiger partial charge in [0.05, 0.1) is 10.9 Å². The van der Waals surface area contributed by atoms with Crippen LogP contribution in [0, 0.1) is 4.91 Å². The van der Waals surface area contributed by atoms with Crippen molar-refractivity contribution < 1.29 is 9.90 Å². The van der Waals surface area contributed by atoms with E-state index in [4.69, 9.17) is 5.11 Å². The molecule has 1 aliphatic heterocycles. The summed E-state index contributed by atoms with van der Waals surface area (Å²) in [6.45, 7) is 0. The van der Waals surface area contributed by atoms with Crippen molar-refractivity contribution in [3.63, 3.8) is 0 Å². The number of hydrogen-bond donors (Lipinski definition) is 2. The van der Waals surface area contributed by atoms with Crippen LogP contribution in [0.1, 0.15) is 15.9 Å². The highest BCUT2D eigenvalue weighted by Gasteiger charge is 2.18. The van der Waals surface area contributed by atoms with Crippen LogP contribution >= 0.6 is 11.8 Å². The lowest BCUT2D eigenvalue weighted by Crippen LogP contribution is -2.05. The fourth-order valence-corrected chi connectivity index (χ4v) is 3.28. The maximum atomic E-state index is 11.1. The summed E-state index contributed by atoms with van der Waals surface area (Å²) in [7, 11) is 0. The van der Waals surface area contributed by atoms with Gasteiger partial charge in [0.2, 0.25) is 0 Å². The second-order valence-electron chi connectivity index (χ2n) is 4.68. The first-order valence-corrected chi connectivity index (χ1v) is 7.47. The van der Waals surface area contributed by atoms with Crippen molar-refractivity contribution in [2.24, 2.45) is 5.18 Å². The average molecular weight is 312 g/mol. The zero-order valence-corrected chi connectivity index (χ0v) is 12.2. The molecule has 1 heterocycles. The molecular weight excluding hydrogens is 300 g/mol. The van der Waals surface area contributed by atoms with Gasteiger partial charge in [-0.2, -0.15) is 0 Å². The Labute approximate surface area is 131 Å². The maximum absolute atomic E-state index is 11.1. The minimum atomic E-state index is -1.16. The van der Waals surface area contributed by atoms with E-state index in [0.717, 1.165) is 10.6 Å². The summed E-state index contributed by atoms with van der Waals surface area (Å²) in [5.74, 6) is -1.16. The van der Waals surface area contributed by atoms with Crippen molar-refractivity contribution in [3.8, 4) is 0 Å². The maximum Gasteiger partial charge on any atom is 0.338 e. The molecule has 0 saturated heterocycles. The molecule has 3 rings (SSSR count). The zero-order chi connectivity index (χ0) is 15.5. The van der Waals surface area contributed by atoms with Gasteiger partial charge in [-0.15, -0.1) is 4.91 Å². The third-order valence-electron chi connectivity index (χ3n) is 3.28. The Kier molecular flexibility index (Phi) is 3.93. The number of nitrogens with zero attached hydrogens (tertiary/aromatic N) is 1. The number of aromatic carboxylic acids is 1. The first-order chi connectivity index (χ1) is 10.7. The van der Waals surface area contributed by atoms with Crippen LogP contribution in [0.4, 0.5) is 11.4 Å². The Bertz CT molecular complexity index is 749. The van der Waals surface area contributed by atoms with E-state index >= 15 is 0 Å². The van der Waals surface area contributed by atoms with Crippen LogP contribution in [0.2, 0.25) is 0 Å². The Morgan fingerprint density at radius 1 is 1.23 bits per heavy atom. The van der Waals surface area contributed by atoms with Crippen molar-refractivity contribution >= 4 is 35.2 Å². The highest BCUT2D eigenvalue weighted by molar-refractivity contribution is 8.00. The standard InChI is InChI=1S/C16H12N2O3S/c19-16(20)11-5-3-4-10(15(11)18-21)8-9-14-17-12-6-1-2-7-13(12)22-14/h1-9,14,17H,(H,19,20)/b9-8+. The molecule has 1 unspecified atom stereocenters. The predicted octanol–water partition coefficient (Wildman–Crippen LogP) is 4.34. The number of para-hydroxylation sites is 1. The third-order valence-corrected chi connectivity index (χ3v) is 4.42. The fraction of sp³-hybridized carbons (Fsp3) is 0.0625. The SMILES string of the molecule is O=Nc1c(/C=C/C2Nc3ccccc3S2)cccc1C(=O)O. The molecule has 0 saturated carbocycles. The molecule has 0 aromatic heterocycles. The molecule has 0 bridgehead atoms.